The first kappa shape index (κ1) is 11.3. The third-order valence-corrected chi connectivity index (χ3v) is 2.15. The van der Waals surface area contributed by atoms with Crippen LogP contribution in [0, 0.1) is 23.2 Å². The monoisotopic (exact) mass is 197 g/mol. The molecule has 0 N–H and O–H groups in total. The number of unbranched alkanes of at least 4 members (excludes halogenated alkanes) is 3. The Hall–Kier alpha value is -1.73. The third kappa shape index (κ3) is 4.34. The summed E-state index contributed by atoms with van der Waals surface area (Å²) >= 11 is 0. The smallest absolute Gasteiger partial charge is 0.0991 e. The average Bonchev–Trinajstić information content (AvgIpc) is 2.30. The van der Waals surface area contributed by atoms with E-state index in [4.69, 9.17) is 5.26 Å². The van der Waals surface area contributed by atoms with Gasteiger partial charge in [-0.15, -0.1) is 0 Å². The lowest BCUT2D eigenvalue weighted by Gasteiger charge is -1.91. The van der Waals surface area contributed by atoms with E-state index < -0.39 is 0 Å². The van der Waals surface area contributed by atoms with Crippen molar-refractivity contribution in [2.75, 3.05) is 0 Å². The van der Waals surface area contributed by atoms with Crippen molar-refractivity contribution >= 4 is 0 Å². The summed E-state index contributed by atoms with van der Waals surface area (Å²) in [5.74, 6) is 6.24. The van der Waals surface area contributed by atoms with Gasteiger partial charge < -0.3 is 0 Å². The van der Waals surface area contributed by atoms with Crippen LogP contribution in [0.1, 0.15) is 43.7 Å². The second kappa shape index (κ2) is 6.68. The van der Waals surface area contributed by atoms with Gasteiger partial charge >= 0.3 is 0 Å². The number of nitrogens with zero attached hydrogens (tertiary/aromatic N) is 1. The zero-order valence-electron chi connectivity index (χ0n) is 9.09. The first-order valence-electron chi connectivity index (χ1n) is 5.36. The molecule has 0 saturated carbocycles. The molecule has 0 aliphatic rings. The molecule has 0 aliphatic carbocycles. The van der Waals surface area contributed by atoms with Gasteiger partial charge in [0.05, 0.1) is 11.6 Å². The van der Waals surface area contributed by atoms with Crippen LogP contribution in [0.4, 0.5) is 0 Å². The molecule has 0 spiro atoms. The summed E-state index contributed by atoms with van der Waals surface area (Å²) in [5, 5.41) is 8.62. The number of hydrogen-bond donors (Lipinski definition) is 0. The molecule has 0 unspecified atom stereocenters. The van der Waals surface area contributed by atoms with E-state index in [1.165, 1.54) is 19.3 Å². The van der Waals surface area contributed by atoms with Crippen LogP contribution >= 0.6 is 0 Å². The van der Waals surface area contributed by atoms with Crippen LogP contribution in [0.5, 0.6) is 0 Å². The molecule has 0 aromatic heterocycles. The molecule has 0 radical (unpaired) electrons. The molecule has 1 rings (SSSR count). The minimum Gasteiger partial charge on any atom is -0.192 e. The molecule has 0 amide bonds. The summed E-state index contributed by atoms with van der Waals surface area (Å²) in [4.78, 5) is 0. The van der Waals surface area contributed by atoms with Gasteiger partial charge in [-0.25, -0.2) is 0 Å². The Labute approximate surface area is 91.7 Å². The van der Waals surface area contributed by atoms with Crippen molar-refractivity contribution in [1.82, 2.24) is 0 Å². The molecule has 0 aliphatic heterocycles. The maximum absolute atomic E-state index is 8.62. The molecule has 0 fully saturated rings. The van der Waals surface area contributed by atoms with Gasteiger partial charge in [-0.05, 0) is 30.7 Å². The van der Waals surface area contributed by atoms with E-state index in [2.05, 4.69) is 24.8 Å². The fraction of sp³-hybridized carbons (Fsp3) is 0.357. The van der Waals surface area contributed by atoms with Gasteiger partial charge in [-0.2, -0.15) is 5.26 Å². The Kier molecular flexibility index (Phi) is 5.06. The van der Waals surface area contributed by atoms with E-state index in [-0.39, 0.29) is 0 Å². The highest BCUT2D eigenvalue weighted by atomic mass is 14.2. The topological polar surface area (TPSA) is 23.8 Å². The van der Waals surface area contributed by atoms with Crippen molar-refractivity contribution in [2.45, 2.75) is 32.6 Å². The lowest BCUT2D eigenvalue weighted by atomic mass is 10.1. The lowest BCUT2D eigenvalue weighted by molar-refractivity contribution is 0.737. The van der Waals surface area contributed by atoms with Crippen LogP contribution in [-0.4, -0.2) is 0 Å². The molecule has 0 bridgehead atoms. The van der Waals surface area contributed by atoms with Crippen LogP contribution in [-0.2, 0) is 0 Å². The number of rotatable bonds is 3. The second-order valence-electron chi connectivity index (χ2n) is 3.45. The molecular weight excluding hydrogens is 182 g/mol. The van der Waals surface area contributed by atoms with Crippen LogP contribution in [0.3, 0.4) is 0 Å². The van der Waals surface area contributed by atoms with Crippen molar-refractivity contribution in [2.24, 2.45) is 0 Å². The first-order valence-corrected chi connectivity index (χ1v) is 5.36. The molecule has 15 heavy (non-hydrogen) atoms. The highest BCUT2D eigenvalue weighted by Gasteiger charge is 1.88. The molecule has 1 heteroatoms. The molecule has 0 atom stereocenters. The second-order valence-corrected chi connectivity index (χ2v) is 3.45. The fourth-order valence-electron chi connectivity index (χ4n) is 1.26. The van der Waals surface area contributed by atoms with Gasteiger partial charge in [0, 0.05) is 12.0 Å². The Balaban J connectivity index is 2.46. The predicted octanol–water partition coefficient (Wildman–Crippen LogP) is 3.49. The minimum atomic E-state index is 0.687. The van der Waals surface area contributed by atoms with E-state index in [0.29, 0.717) is 5.56 Å². The fourth-order valence-corrected chi connectivity index (χ4v) is 1.26. The Bertz CT molecular complexity index is 384. The molecule has 1 nitrogen and oxygen atoms in total. The van der Waals surface area contributed by atoms with Crippen molar-refractivity contribution in [3.63, 3.8) is 0 Å². The molecule has 1 aromatic rings. The summed E-state index contributed by atoms with van der Waals surface area (Å²) in [6.45, 7) is 2.19. The normalized spacial score (nSPS) is 8.80. The first-order chi connectivity index (χ1) is 7.36. The number of nitriles is 1. The summed E-state index contributed by atoms with van der Waals surface area (Å²) < 4.78 is 0. The van der Waals surface area contributed by atoms with Crippen molar-refractivity contribution in [3.8, 4) is 17.9 Å². The molecular formula is C14H15N. The van der Waals surface area contributed by atoms with Gasteiger partial charge in [0.25, 0.3) is 0 Å². The lowest BCUT2D eigenvalue weighted by Crippen LogP contribution is -1.77. The van der Waals surface area contributed by atoms with Crippen LogP contribution in [0.2, 0.25) is 0 Å². The van der Waals surface area contributed by atoms with Gasteiger partial charge in [-0.1, -0.05) is 31.6 Å². The predicted molar refractivity (Wildman–Crippen MR) is 62.2 cm³/mol. The summed E-state index contributed by atoms with van der Waals surface area (Å²) in [5.41, 5.74) is 1.68. The van der Waals surface area contributed by atoms with Gasteiger partial charge in [0.1, 0.15) is 0 Å². The van der Waals surface area contributed by atoms with E-state index in [1.807, 2.05) is 12.1 Å². The quantitative estimate of drug-likeness (QED) is 0.537. The average molecular weight is 197 g/mol. The third-order valence-electron chi connectivity index (χ3n) is 2.15. The van der Waals surface area contributed by atoms with Crippen LogP contribution in [0.25, 0.3) is 0 Å². The van der Waals surface area contributed by atoms with Crippen molar-refractivity contribution < 1.29 is 0 Å². The zero-order valence-corrected chi connectivity index (χ0v) is 9.09. The summed E-state index contributed by atoms with van der Waals surface area (Å²) in [6, 6.07) is 9.48. The van der Waals surface area contributed by atoms with Crippen molar-refractivity contribution in [3.05, 3.63) is 35.4 Å². The van der Waals surface area contributed by atoms with Gasteiger partial charge in [0.2, 0.25) is 0 Å². The Morgan fingerprint density at radius 2 is 1.73 bits per heavy atom. The number of hydrogen-bond acceptors (Lipinski definition) is 1. The Morgan fingerprint density at radius 3 is 2.33 bits per heavy atom. The van der Waals surface area contributed by atoms with E-state index in [9.17, 15) is 0 Å². The van der Waals surface area contributed by atoms with Gasteiger partial charge in [0.15, 0.2) is 0 Å². The molecule has 0 heterocycles. The van der Waals surface area contributed by atoms with E-state index in [0.717, 1.165) is 12.0 Å². The zero-order chi connectivity index (χ0) is 10.9. The van der Waals surface area contributed by atoms with Gasteiger partial charge in [-0.3, -0.25) is 0 Å². The van der Waals surface area contributed by atoms with E-state index >= 15 is 0 Å². The standard InChI is InChI=1S/C14H15N/c1-2-3-4-5-6-7-13-8-10-14(12-15)11-9-13/h8-11H,2-5H2,1H3. The van der Waals surface area contributed by atoms with E-state index in [1.54, 1.807) is 12.1 Å². The Morgan fingerprint density at radius 1 is 1.07 bits per heavy atom. The highest BCUT2D eigenvalue weighted by Crippen LogP contribution is 2.02. The highest BCUT2D eigenvalue weighted by molar-refractivity contribution is 5.39. The number of benzene rings is 1. The SMILES string of the molecule is CCCCCC#Cc1ccc(C#N)cc1. The van der Waals surface area contributed by atoms with Crippen LogP contribution in [0.15, 0.2) is 24.3 Å². The maximum atomic E-state index is 8.62. The summed E-state index contributed by atoms with van der Waals surface area (Å²) in [6.07, 6.45) is 4.63. The molecule has 0 saturated heterocycles. The van der Waals surface area contributed by atoms with Crippen LogP contribution < -0.4 is 0 Å². The van der Waals surface area contributed by atoms with Crippen molar-refractivity contribution in [1.29, 1.82) is 5.26 Å². The largest absolute Gasteiger partial charge is 0.192 e. The molecule has 76 valence electrons. The molecule has 1 aromatic carbocycles. The minimum absolute atomic E-state index is 0.687. The summed E-state index contributed by atoms with van der Waals surface area (Å²) in [7, 11) is 0. The maximum Gasteiger partial charge on any atom is 0.0991 e.